The summed E-state index contributed by atoms with van der Waals surface area (Å²) >= 11 is 0. The zero-order valence-electron chi connectivity index (χ0n) is 17.5. The lowest BCUT2D eigenvalue weighted by molar-refractivity contribution is -0.0905. The molecule has 3 heteroatoms. The molecule has 0 radical (unpaired) electrons. The number of hydrogen-bond donors (Lipinski definition) is 0. The van der Waals surface area contributed by atoms with Crippen LogP contribution in [0.15, 0.2) is 48.5 Å². The second-order valence-corrected chi connectivity index (χ2v) is 7.31. The van der Waals surface area contributed by atoms with Crippen molar-refractivity contribution in [3.63, 3.8) is 0 Å². The van der Waals surface area contributed by atoms with Gasteiger partial charge in [0, 0.05) is 6.61 Å². The van der Waals surface area contributed by atoms with Crippen LogP contribution in [-0.4, -0.2) is 13.4 Å². The summed E-state index contributed by atoms with van der Waals surface area (Å²) in [7, 11) is 0. The summed E-state index contributed by atoms with van der Waals surface area (Å²) in [5.74, 6) is -0.210. The van der Waals surface area contributed by atoms with Crippen LogP contribution in [0.5, 0.6) is 0 Å². The molecule has 0 N–H and O–H groups in total. The Kier molecular flexibility index (Phi) is 10.9. The van der Waals surface area contributed by atoms with E-state index >= 15 is 0 Å². The summed E-state index contributed by atoms with van der Waals surface area (Å²) in [6.45, 7) is 5.20. The number of ether oxygens (including phenoxy) is 2. The van der Waals surface area contributed by atoms with Gasteiger partial charge in [-0.25, -0.2) is 4.39 Å². The van der Waals surface area contributed by atoms with E-state index < -0.39 is 0 Å². The predicted molar refractivity (Wildman–Crippen MR) is 115 cm³/mol. The second kappa shape index (κ2) is 13.5. The summed E-state index contributed by atoms with van der Waals surface area (Å²) in [5, 5.41) is 0. The summed E-state index contributed by atoms with van der Waals surface area (Å²) in [5.41, 5.74) is 3.07. The minimum absolute atomic E-state index is 0.0451. The molecule has 154 valence electrons. The summed E-state index contributed by atoms with van der Waals surface area (Å²) in [4.78, 5) is 0. The molecule has 0 saturated carbocycles. The minimum atomic E-state index is -0.210. The van der Waals surface area contributed by atoms with Gasteiger partial charge in [0.2, 0.25) is 0 Å². The van der Waals surface area contributed by atoms with Gasteiger partial charge in [-0.3, -0.25) is 0 Å². The van der Waals surface area contributed by atoms with Gasteiger partial charge in [0.05, 0.1) is 6.10 Å². The van der Waals surface area contributed by atoms with E-state index in [1.165, 1.54) is 44.6 Å². The normalized spacial score (nSPS) is 12.2. The van der Waals surface area contributed by atoms with Crippen molar-refractivity contribution in [2.24, 2.45) is 0 Å². The van der Waals surface area contributed by atoms with Crippen molar-refractivity contribution >= 4 is 0 Å². The van der Waals surface area contributed by atoms with Crippen molar-refractivity contribution in [1.29, 1.82) is 0 Å². The predicted octanol–water partition coefficient (Wildman–Crippen LogP) is 7.69. The van der Waals surface area contributed by atoms with Gasteiger partial charge in [-0.15, -0.1) is 0 Å². The van der Waals surface area contributed by atoms with Gasteiger partial charge in [0.25, 0.3) is 0 Å². The first-order valence-electron chi connectivity index (χ1n) is 10.8. The van der Waals surface area contributed by atoms with Crippen molar-refractivity contribution in [1.82, 2.24) is 0 Å². The molecule has 0 aliphatic heterocycles. The van der Waals surface area contributed by atoms with E-state index in [2.05, 4.69) is 19.1 Å². The Bertz CT molecular complexity index is 654. The highest BCUT2D eigenvalue weighted by atomic mass is 19.1. The van der Waals surface area contributed by atoms with Gasteiger partial charge in [0.1, 0.15) is 12.6 Å². The van der Waals surface area contributed by atoms with Crippen molar-refractivity contribution in [3.8, 4) is 11.1 Å². The van der Waals surface area contributed by atoms with E-state index in [0.29, 0.717) is 13.4 Å². The van der Waals surface area contributed by atoms with Crippen molar-refractivity contribution in [2.45, 2.75) is 71.3 Å². The Morgan fingerprint density at radius 3 is 2.21 bits per heavy atom. The maximum Gasteiger partial charge on any atom is 0.147 e. The van der Waals surface area contributed by atoms with Crippen molar-refractivity contribution in [2.75, 3.05) is 13.4 Å². The number of unbranched alkanes of at least 4 members (excludes halogenated alkanes) is 6. The molecular weight excluding hydrogens is 351 g/mol. The van der Waals surface area contributed by atoms with Crippen LogP contribution in [0.1, 0.15) is 76.9 Å². The molecule has 0 spiro atoms. The maximum atomic E-state index is 13.5. The molecule has 2 nitrogen and oxygen atoms in total. The Labute approximate surface area is 170 Å². The quantitative estimate of drug-likeness (QED) is 0.245. The van der Waals surface area contributed by atoms with E-state index in [0.717, 1.165) is 29.5 Å². The number of halogens is 1. The Balaban J connectivity index is 1.92. The summed E-state index contributed by atoms with van der Waals surface area (Å²) in [6, 6.07) is 15.0. The van der Waals surface area contributed by atoms with Crippen LogP contribution in [-0.2, 0) is 9.47 Å². The Morgan fingerprint density at radius 2 is 1.54 bits per heavy atom. The average Bonchev–Trinajstić information content (AvgIpc) is 2.72. The number of benzene rings is 2. The number of rotatable bonds is 14. The molecule has 28 heavy (non-hydrogen) atoms. The molecule has 0 saturated heterocycles. The molecule has 2 aromatic rings. The first-order chi connectivity index (χ1) is 13.7. The van der Waals surface area contributed by atoms with E-state index in [4.69, 9.17) is 9.47 Å². The SMILES string of the molecule is CCCCCCCCCC(OCOCC)c1ccc(-c2cccc(F)c2)cc1. The third-order valence-electron chi connectivity index (χ3n) is 5.07. The molecule has 0 aliphatic rings. The second-order valence-electron chi connectivity index (χ2n) is 7.31. The largest absolute Gasteiger partial charge is 0.356 e. The van der Waals surface area contributed by atoms with Crippen LogP contribution in [0.25, 0.3) is 11.1 Å². The fourth-order valence-electron chi connectivity index (χ4n) is 3.40. The molecule has 0 aromatic heterocycles. The highest BCUT2D eigenvalue weighted by Gasteiger charge is 2.12. The first kappa shape index (κ1) is 22.6. The van der Waals surface area contributed by atoms with Crippen LogP contribution < -0.4 is 0 Å². The molecule has 0 fully saturated rings. The van der Waals surface area contributed by atoms with Gasteiger partial charge in [0.15, 0.2) is 0 Å². The molecule has 0 amide bonds. The van der Waals surface area contributed by atoms with Gasteiger partial charge < -0.3 is 9.47 Å². The van der Waals surface area contributed by atoms with Crippen molar-refractivity contribution < 1.29 is 13.9 Å². The molecule has 1 unspecified atom stereocenters. The monoisotopic (exact) mass is 386 g/mol. The fourth-order valence-corrected chi connectivity index (χ4v) is 3.40. The zero-order valence-corrected chi connectivity index (χ0v) is 17.5. The van der Waals surface area contributed by atoms with E-state index in [1.807, 2.05) is 25.1 Å². The minimum Gasteiger partial charge on any atom is -0.356 e. The molecule has 0 bridgehead atoms. The van der Waals surface area contributed by atoms with E-state index in [1.54, 1.807) is 12.1 Å². The topological polar surface area (TPSA) is 18.5 Å². The van der Waals surface area contributed by atoms with E-state index in [9.17, 15) is 4.39 Å². The van der Waals surface area contributed by atoms with E-state index in [-0.39, 0.29) is 11.9 Å². The van der Waals surface area contributed by atoms with Gasteiger partial charge in [-0.2, -0.15) is 0 Å². The van der Waals surface area contributed by atoms with Gasteiger partial charge >= 0.3 is 0 Å². The third kappa shape index (κ3) is 8.12. The molecule has 2 aromatic carbocycles. The lowest BCUT2D eigenvalue weighted by Crippen LogP contribution is -2.08. The first-order valence-corrected chi connectivity index (χ1v) is 10.8. The Hall–Kier alpha value is -1.71. The maximum absolute atomic E-state index is 13.5. The fraction of sp³-hybridized carbons (Fsp3) is 0.520. The van der Waals surface area contributed by atoms with Crippen LogP contribution in [0, 0.1) is 5.82 Å². The van der Waals surface area contributed by atoms with Crippen LogP contribution >= 0.6 is 0 Å². The summed E-state index contributed by atoms with van der Waals surface area (Å²) < 4.78 is 24.9. The molecule has 2 rings (SSSR count). The molecular formula is C25H35FO2. The lowest BCUT2D eigenvalue weighted by atomic mass is 9.98. The third-order valence-corrected chi connectivity index (χ3v) is 5.07. The standard InChI is InChI=1S/C25H35FO2/c1-3-5-6-7-8-9-10-14-25(28-20-27-4-2)22-17-15-21(16-18-22)23-12-11-13-24(26)19-23/h11-13,15-19,25H,3-10,14,20H2,1-2H3. The molecule has 0 aliphatic carbocycles. The summed E-state index contributed by atoms with van der Waals surface area (Å²) in [6.07, 6.45) is 10.1. The lowest BCUT2D eigenvalue weighted by Gasteiger charge is -2.19. The van der Waals surface area contributed by atoms with Crippen LogP contribution in [0.3, 0.4) is 0 Å². The Morgan fingerprint density at radius 1 is 0.821 bits per heavy atom. The smallest absolute Gasteiger partial charge is 0.147 e. The average molecular weight is 387 g/mol. The van der Waals surface area contributed by atoms with Crippen LogP contribution in [0.4, 0.5) is 4.39 Å². The van der Waals surface area contributed by atoms with Gasteiger partial charge in [-0.1, -0.05) is 88.3 Å². The van der Waals surface area contributed by atoms with Crippen molar-refractivity contribution in [3.05, 3.63) is 59.9 Å². The molecule has 1 atom stereocenters. The highest BCUT2D eigenvalue weighted by molar-refractivity contribution is 5.63. The molecule has 0 heterocycles. The highest BCUT2D eigenvalue weighted by Crippen LogP contribution is 2.28. The van der Waals surface area contributed by atoms with Crippen LogP contribution in [0.2, 0.25) is 0 Å². The van der Waals surface area contributed by atoms with Gasteiger partial charge in [-0.05, 0) is 42.2 Å². The number of hydrogen-bond acceptors (Lipinski definition) is 2. The zero-order chi connectivity index (χ0) is 20.0.